The van der Waals surface area contributed by atoms with E-state index in [1.165, 1.54) is 11.3 Å². The number of nitrogens with zero attached hydrogens (tertiary/aromatic N) is 4. The van der Waals surface area contributed by atoms with Gasteiger partial charge in [0, 0.05) is 30.3 Å². The second-order valence-electron chi connectivity index (χ2n) is 5.92. The number of aryl methyl sites for hydroxylation is 1. The van der Waals surface area contributed by atoms with Crippen LogP contribution in [0.5, 0.6) is 0 Å². The molecule has 0 N–H and O–H groups in total. The maximum absolute atomic E-state index is 12.6. The molecule has 7 heteroatoms. The van der Waals surface area contributed by atoms with Gasteiger partial charge in [-0.05, 0) is 32.0 Å². The number of anilines is 1. The molecule has 0 radical (unpaired) electrons. The van der Waals surface area contributed by atoms with E-state index < -0.39 is 0 Å². The summed E-state index contributed by atoms with van der Waals surface area (Å²) < 4.78 is 6.83. The highest BCUT2D eigenvalue weighted by molar-refractivity contribution is 7.17. The first-order chi connectivity index (χ1) is 12.6. The van der Waals surface area contributed by atoms with Gasteiger partial charge in [-0.3, -0.25) is 9.20 Å². The lowest BCUT2D eigenvalue weighted by Gasteiger charge is -2.22. The van der Waals surface area contributed by atoms with Gasteiger partial charge in [0.05, 0.1) is 36.2 Å². The van der Waals surface area contributed by atoms with Crippen LogP contribution in [0.15, 0.2) is 35.1 Å². The zero-order valence-corrected chi connectivity index (χ0v) is 15.8. The van der Waals surface area contributed by atoms with Crippen LogP contribution in [0, 0.1) is 18.3 Å². The topological polar surface area (TPSA) is 70.6 Å². The number of ether oxygens (including phenoxy) is 1. The third kappa shape index (κ3) is 3.47. The van der Waals surface area contributed by atoms with Gasteiger partial charge in [0.15, 0.2) is 4.96 Å². The highest BCUT2D eigenvalue weighted by Crippen LogP contribution is 2.22. The number of fused-ring (bicyclic) bond motifs is 1. The average Bonchev–Trinajstić information content (AvgIpc) is 2.96. The number of thiazole rings is 1. The van der Waals surface area contributed by atoms with Crippen LogP contribution in [0.2, 0.25) is 0 Å². The first kappa shape index (κ1) is 18.1. The highest BCUT2D eigenvalue weighted by atomic mass is 32.1. The van der Waals surface area contributed by atoms with Crippen LogP contribution in [0.1, 0.15) is 28.8 Å². The molecular weight excluding hydrogens is 348 g/mol. The molecule has 0 saturated heterocycles. The molecule has 0 fully saturated rings. The van der Waals surface area contributed by atoms with Crippen molar-refractivity contribution in [1.82, 2.24) is 9.38 Å². The summed E-state index contributed by atoms with van der Waals surface area (Å²) in [5.41, 5.74) is 3.02. The molecule has 26 heavy (non-hydrogen) atoms. The Bertz CT molecular complexity index is 1030. The second-order valence-corrected chi connectivity index (χ2v) is 7.10. The lowest BCUT2D eigenvalue weighted by Crippen LogP contribution is -2.25. The molecule has 0 aliphatic heterocycles. The molecule has 0 spiro atoms. The van der Waals surface area contributed by atoms with Gasteiger partial charge in [0.2, 0.25) is 0 Å². The Morgan fingerprint density at radius 3 is 2.88 bits per heavy atom. The molecule has 0 saturated carbocycles. The van der Waals surface area contributed by atoms with Crippen LogP contribution < -0.4 is 10.5 Å². The Morgan fingerprint density at radius 2 is 2.19 bits per heavy atom. The van der Waals surface area contributed by atoms with E-state index in [0.717, 1.165) is 22.8 Å². The van der Waals surface area contributed by atoms with E-state index in [-0.39, 0.29) is 5.56 Å². The van der Waals surface area contributed by atoms with Crippen molar-refractivity contribution in [1.29, 1.82) is 5.26 Å². The van der Waals surface area contributed by atoms with Crippen LogP contribution in [0.3, 0.4) is 0 Å². The van der Waals surface area contributed by atoms with E-state index in [2.05, 4.69) is 16.0 Å². The van der Waals surface area contributed by atoms with Crippen molar-refractivity contribution in [2.75, 3.05) is 18.6 Å². The lowest BCUT2D eigenvalue weighted by molar-refractivity contribution is 0.180. The molecule has 0 unspecified atom stereocenters. The maximum atomic E-state index is 12.6. The monoisotopic (exact) mass is 368 g/mol. The van der Waals surface area contributed by atoms with Crippen LogP contribution in [-0.4, -0.2) is 23.0 Å². The predicted molar refractivity (Wildman–Crippen MR) is 103 cm³/mol. The number of benzene rings is 1. The Morgan fingerprint density at radius 1 is 1.38 bits per heavy atom. The quantitative estimate of drug-likeness (QED) is 0.669. The largest absolute Gasteiger partial charge is 0.378 e. The van der Waals surface area contributed by atoms with Crippen LogP contribution in [0.25, 0.3) is 4.96 Å². The van der Waals surface area contributed by atoms with Crippen molar-refractivity contribution in [3.63, 3.8) is 0 Å². The lowest BCUT2D eigenvalue weighted by atomic mass is 10.2. The van der Waals surface area contributed by atoms with Crippen LogP contribution >= 0.6 is 11.3 Å². The molecule has 3 aromatic rings. The third-order valence-electron chi connectivity index (χ3n) is 4.22. The maximum Gasteiger partial charge on any atom is 0.259 e. The number of nitriles is 1. The Kier molecular flexibility index (Phi) is 5.35. The van der Waals surface area contributed by atoms with E-state index in [0.29, 0.717) is 29.4 Å². The minimum absolute atomic E-state index is 0.0942. The third-order valence-corrected chi connectivity index (χ3v) is 5.22. The van der Waals surface area contributed by atoms with E-state index >= 15 is 0 Å². The summed E-state index contributed by atoms with van der Waals surface area (Å²) in [6, 6.07) is 11.2. The number of hydrogen-bond donors (Lipinski definition) is 0. The molecule has 0 atom stereocenters. The Balaban J connectivity index is 1.97. The molecule has 134 valence electrons. The summed E-state index contributed by atoms with van der Waals surface area (Å²) in [4.78, 5) is 21.1. The zero-order chi connectivity index (χ0) is 18.7. The minimum Gasteiger partial charge on any atom is -0.378 e. The Labute approximate surface area is 155 Å². The molecule has 0 bridgehead atoms. The fourth-order valence-electron chi connectivity index (χ4n) is 2.91. The summed E-state index contributed by atoms with van der Waals surface area (Å²) in [6.45, 7) is 5.64. The smallest absolute Gasteiger partial charge is 0.259 e. The normalized spacial score (nSPS) is 10.8. The van der Waals surface area contributed by atoms with E-state index in [9.17, 15) is 4.79 Å². The van der Waals surface area contributed by atoms with Crippen molar-refractivity contribution >= 4 is 22.0 Å². The van der Waals surface area contributed by atoms with E-state index in [4.69, 9.17) is 10.00 Å². The van der Waals surface area contributed by atoms with Gasteiger partial charge < -0.3 is 9.64 Å². The standard InChI is InChI=1S/C19H20N4O2S/c1-4-22(16-7-5-6-14(8-16)10-20)11-15-9-18(24)23-17(12-25-3)13(2)26-19(23)21-15/h5-9H,4,11-12H2,1-3H3. The molecule has 0 aliphatic carbocycles. The van der Waals surface area contributed by atoms with Crippen molar-refractivity contribution in [2.45, 2.75) is 27.0 Å². The van der Waals surface area contributed by atoms with Gasteiger partial charge in [-0.1, -0.05) is 6.07 Å². The van der Waals surface area contributed by atoms with Gasteiger partial charge in [-0.2, -0.15) is 5.26 Å². The summed E-state index contributed by atoms with van der Waals surface area (Å²) in [5, 5.41) is 9.10. The fraction of sp³-hybridized carbons (Fsp3) is 0.316. The van der Waals surface area contributed by atoms with Gasteiger partial charge in [0.1, 0.15) is 0 Å². The number of methoxy groups -OCH3 is 1. The van der Waals surface area contributed by atoms with Gasteiger partial charge in [0.25, 0.3) is 5.56 Å². The molecule has 0 amide bonds. The number of aromatic nitrogens is 2. The molecule has 3 rings (SSSR count). The second kappa shape index (κ2) is 7.68. The average molecular weight is 368 g/mol. The van der Waals surface area contributed by atoms with E-state index in [1.807, 2.05) is 32.0 Å². The molecule has 6 nitrogen and oxygen atoms in total. The molecule has 0 aliphatic rings. The highest BCUT2D eigenvalue weighted by Gasteiger charge is 2.14. The first-order valence-corrected chi connectivity index (χ1v) is 9.14. The van der Waals surface area contributed by atoms with Crippen molar-refractivity contribution in [2.24, 2.45) is 0 Å². The van der Waals surface area contributed by atoms with Crippen molar-refractivity contribution in [3.05, 3.63) is 62.5 Å². The van der Waals surface area contributed by atoms with Gasteiger partial charge >= 0.3 is 0 Å². The summed E-state index contributed by atoms with van der Waals surface area (Å²) >= 11 is 1.49. The summed E-state index contributed by atoms with van der Waals surface area (Å²) in [5.74, 6) is 0. The molecule has 2 aromatic heterocycles. The SMILES string of the molecule is CCN(Cc1cc(=O)n2c(COC)c(C)sc2n1)c1cccc(C#N)c1. The molecule has 2 heterocycles. The predicted octanol–water partition coefficient (Wildman–Crippen LogP) is 3.11. The summed E-state index contributed by atoms with van der Waals surface area (Å²) in [7, 11) is 1.62. The van der Waals surface area contributed by atoms with Gasteiger partial charge in [-0.25, -0.2) is 4.98 Å². The van der Waals surface area contributed by atoms with Crippen LogP contribution in [0.4, 0.5) is 5.69 Å². The van der Waals surface area contributed by atoms with Crippen molar-refractivity contribution < 1.29 is 4.74 Å². The minimum atomic E-state index is -0.0942. The Hall–Kier alpha value is -2.69. The summed E-state index contributed by atoms with van der Waals surface area (Å²) in [6.07, 6.45) is 0. The van der Waals surface area contributed by atoms with Gasteiger partial charge in [-0.15, -0.1) is 11.3 Å². The number of hydrogen-bond acceptors (Lipinski definition) is 6. The zero-order valence-electron chi connectivity index (χ0n) is 15.0. The first-order valence-electron chi connectivity index (χ1n) is 8.32. The molecule has 1 aromatic carbocycles. The van der Waals surface area contributed by atoms with E-state index in [1.54, 1.807) is 23.6 Å². The fourth-order valence-corrected chi connectivity index (χ4v) is 3.91. The van der Waals surface area contributed by atoms with Crippen molar-refractivity contribution in [3.8, 4) is 6.07 Å². The van der Waals surface area contributed by atoms with Crippen LogP contribution in [-0.2, 0) is 17.9 Å². The number of rotatable bonds is 6. The molecular formula is C19H20N4O2S.